The Labute approximate surface area is 137 Å². The lowest BCUT2D eigenvalue weighted by Gasteiger charge is -2.10. The SMILES string of the molecule is CC(C)=CCc1cc(OS(=O)(=O)c2ccc(C)cc2)ccc1N. The highest BCUT2D eigenvalue weighted by molar-refractivity contribution is 7.87. The molecule has 0 radical (unpaired) electrons. The monoisotopic (exact) mass is 331 g/mol. The van der Waals surface area contributed by atoms with E-state index in [4.69, 9.17) is 9.92 Å². The highest BCUT2D eigenvalue weighted by Crippen LogP contribution is 2.24. The molecule has 0 saturated heterocycles. The van der Waals surface area contributed by atoms with Gasteiger partial charge >= 0.3 is 10.1 Å². The molecular formula is C18H21NO3S. The fraction of sp³-hybridized carbons (Fsp3) is 0.222. The Morgan fingerprint density at radius 3 is 2.39 bits per heavy atom. The van der Waals surface area contributed by atoms with Crippen molar-refractivity contribution in [3.63, 3.8) is 0 Å². The summed E-state index contributed by atoms with van der Waals surface area (Å²) in [7, 11) is -3.85. The van der Waals surface area contributed by atoms with E-state index in [0.29, 0.717) is 12.1 Å². The van der Waals surface area contributed by atoms with Crippen molar-refractivity contribution < 1.29 is 12.6 Å². The van der Waals surface area contributed by atoms with Crippen LogP contribution in [0.3, 0.4) is 0 Å². The maximum atomic E-state index is 12.3. The summed E-state index contributed by atoms with van der Waals surface area (Å²) in [6, 6.07) is 11.4. The van der Waals surface area contributed by atoms with Crippen molar-refractivity contribution in [3.8, 4) is 5.75 Å². The van der Waals surface area contributed by atoms with Gasteiger partial charge in [0.1, 0.15) is 10.6 Å². The van der Waals surface area contributed by atoms with Crippen molar-refractivity contribution in [2.24, 2.45) is 0 Å². The Bertz CT molecular complexity index is 818. The van der Waals surface area contributed by atoms with Gasteiger partial charge in [-0.25, -0.2) is 0 Å². The van der Waals surface area contributed by atoms with Crippen molar-refractivity contribution in [2.75, 3.05) is 5.73 Å². The molecule has 0 aliphatic carbocycles. The van der Waals surface area contributed by atoms with Gasteiger partial charge < -0.3 is 9.92 Å². The molecule has 0 aliphatic rings. The van der Waals surface area contributed by atoms with Crippen LogP contribution in [0.15, 0.2) is 59.0 Å². The Balaban J connectivity index is 2.27. The Morgan fingerprint density at radius 2 is 1.78 bits per heavy atom. The number of anilines is 1. The van der Waals surface area contributed by atoms with Crippen molar-refractivity contribution >= 4 is 15.8 Å². The molecule has 0 aliphatic heterocycles. The minimum atomic E-state index is -3.85. The van der Waals surface area contributed by atoms with E-state index in [-0.39, 0.29) is 10.6 Å². The Hall–Kier alpha value is -2.27. The molecule has 0 heterocycles. The minimum absolute atomic E-state index is 0.130. The van der Waals surface area contributed by atoms with Crippen molar-refractivity contribution in [2.45, 2.75) is 32.1 Å². The van der Waals surface area contributed by atoms with Crippen LogP contribution in [0.5, 0.6) is 5.75 Å². The number of aryl methyl sites for hydroxylation is 1. The third-order valence-electron chi connectivity index (χ3n) is 3.36. The fourth-order valence-electron chi connectivity index (χ4n) is 2.00. The maximum absolute atomic E-state index is 12.3. The number of nitrogens with two attached hydrogens (primary N) is 1. The molecule has 4 nitrogen and oxygen atoms in total. The number of hydrogen-bond donors (Lipinski definition) is 1. The van der Waals surface area contributed by atoms with Gasteiger partial charge in [0.2, 0.25) is 0 Å². The first-order valence-electron chi connectivity index (χ1n) is 7.31. The molecule has 0 bridgehead atoms. The first kappa shape index (κ1) is 17.1. The molecule has 0 amide bonds. The second kappa shape index (κ2) is 6.87. The van der Waals surface area contributed by atoms with E-state index in [0.717, 1.165) is 11.1 Å². The van der Waals surface area contributed by atoms with Gasteiger partial charge in [-0.2, -0.15) is 8.42 Å². The van der Waals surface area contributed by atoms with E-state index in [1.54, 1.807) is 30.3 Å². The Kier molecular flexibility index (Phi) is 5.11. The average Bonchev–Trinajstić information content (AvgIpc) is 2.48. The van der Waals surface area contributed by atoms with E-state index in [2.05, 4.69) is 0 Å². The molecule has 0 aromatic heterocycles. The topological polar surface area (TPSA) is 69.4 Å². The highest BCUT2D eigenvalue weighted by atomic mass is 32.2. The molecule has 0 spiro atoms. The highest BCUT2D eigenvalue weighted by Gasteiger charge is 2.16. The van der Waals surface area contributed by atoms with E-state index in [1.165, 1.54) is 17.7 Å². The molecule has 2 N–H and O–H groups in total. The summed E-state index contributed by atoms with van der Waals surface area (Å²) >= 11 is 0. The summed E-state index contributed by atoms with van der Waals surface area (Å²) in [5.41, 5.74) is 9.54. The van der Waals surface area contributed by atoms with Gasteiger partial charge in [-0.1, -0.05) is 29.3 Å². The molecule has 5 heteroatoms. The molecule has 23 heavy (non-hydrogen) atoms. The summed E-state index contributed by atoms with van der Waals surface area (Å²) in [6.45, 7) is 5.89. The molecule has 2 aromatic carbocycles. The standard InChI is InChI=1S/C18H21NO3S/c1-13(2)4-7-15-12-16(8-11-18(15)19)22-23(20,21)17-9-5-14(3)6-10-17/h4-6,8-12H,7,19H2,1-3H3. The largest absolute Gasteiger partial charge is 0.398 e. The summed E-state index contributed by atoms with van der Waals surface area (Å²) in [4.78, 5) is 0.130. The molecule has 2 rings (SSSR count). The van der Waals surface area contributed by atoms with Crippen molar-refractivity contribution in [1.82, 2.24) is 0 Å². The van der Waals surface area contributed by atoms with Gasteiger partial charge in [-0.3, -0.25) is 0 Å². The first-order chi connectivity index (χ1) is 10.8. The Morgan fingerprint density at radius 1 is 1.13 bits per heavy atom. The van der Waals surface area contributed by atoms with Gasteiger partial charge in [0.15, 0.2) is 0 Å². The van der Waals surface area contributed by atoms with Gasteiger partial charge in [-0.15, -0.1) is 0 Å². The van der Waals surface area contributed by atoms with Gasteiger partial charge in [0.25, 0.3) is 0 Å². The molecule has 0 unspecified atom stereocenters. The molecular weight excluding hydrogens is 310 g/mol. The summed E-state index contributed by atoms with van der Waals surface area (Å²) in [5.74, 6) is 0.261. The number of benzene rings is 2. The number of nitrogen functional groups attached to an aromatic ring is 1. The predicted molar refractivity (Wildman–Crippen MR) is 93.0 cm³/mol. The molecule has 0 fully saturated rings. The minimum Gasteiger partial charge on any atom is -0.398 e. The smallest absolute Gasteiger partial charge is 0.339 e. The van der Waals surface area contributed by atoms with Crippen LogP contribution in [0.1, 0.15) is 25.0 Å². The third-order valence-corrected chi connectivity index (χ3v) is 4.62. The van der Waals surface area contributed by atoms with Crippen LogP contribution in [-0.2, 0) is 16.5 Å². The van der Waals surface area contributed by atoms with Crippen LogP contribution >= 0.6 is 0 Å². The summed E-state index contributed by atoms with van der Waals surface area (Å²) < 4.78 is 29.8. The number of hydrogen-bond acceptors (Lipinski definition) is 4. The number of allylic oxidation sites excluding steroid dienone is 2. The van der Waals surface area contributed by atoms with Crippen LogP contribution < -0.4 is 9.92 Å². The predicted octanol–water partition coefficient (Wildman–Crippen LogP) is 3.85. The lowest BCUT2D eigenvalue weighted by Crippen LogP contribution is -2.10. The zero-order valence-corrected chi connectivity index (χ0v) is 14.4. The zero-order chi connectivity index (χ0) is 17.0. The summed E-state index contributed by atoms with van der Waals surface area (Å²) in [5, 5.41) is 0. The fourth-order valence-corrected chi connectivity index (χ4v) is 2.93. The van der Waals surface area contributed by atoms with Gasteiger partial charge in [-0.05, 0) is 63.1 Å². The van der Waals surface area contributed by atoms with Crippen LogP contribution in [0.4, 0.5) is 5.69 Å². The number of rotatable bonds is 5. The van der Waals surface area contributed by atoms with E-state index >= 15 is 0 Å². The van der Waals surface area contributed by atoms with Gasteiger partial charge in [0, 0.05) is 5.69 Å². The van der Waals surface area contributed by atoms with E-state index < -0.39 is 10.1 Å². The maximum Gasteiger partial charge on any atom is 0.339 e. The second-order valence-electron chi connectivity index (χ2n) is 5.70. The summed E-state index contributed by atoms with van der Waals surface area (Å²) in [6.07, 6.45) is 2.67. The quantitative estimate of drug-likeness (QED) is 0.513. The molecule has 0 saturated carbocycles. The van der Waals surface area contributed by atoms with Crippen molar-refractivity contribution in [3.05, 3.63) is 65.2 Å². The molecule has 0 atom stereocenters. The lowest BCUT2D eigenvalue weighted by molar-refractivity contribution is 0.486. The van der Waals surface area contributed by atoms with Crippen LogP contribution in [0.25, 0.3) is 0 Å². The zero-order valence-electron chi connectivity index (χ0n) is 13.5. The van der Waals surface area contributed by atoms with Crippen LogP contribution in [-0.4, -0.2) is 8.42 Å². The molecule has 2 aromatic rings. The average molecular weight is 331 g/mol. The van der Waals surface area contributed by atoms with E-state index in [9.17, 15) is 8.42 Å². The van der Waals surface area contributed by atoms with Crippen LogP contribution in [0, 0.1) is 6.92 Å². The molecule has 122 valence electrons. The lowest BCUT2D eigenvalue weighted by atomic mass is 10.1. The second-order valence-corrected chi connectivity index (χ2v) is 7.24. The first-order valence-corrected chi connectivity index (χ1v) is 8.72. The van der Waals surface area contributed by atoms with Gasteiger partial charge in [0.05, 0.1) is 0 Å². The van der Waals surface area contributed by atoms with E-state index in [1.807, 2.05) is 26.8 Å². The van der Waals surface area contributed by atoms with Crippen LogP contribution in [0.2, 0.25) is 0 Å². The third kappa shape index (κ3) is 4.60. The normalized spacial score (nSPS) is 11.1. The van der Waals surface area contributed by atoms with Crippen molar-refractivity contribution in [1.29, 1.82) is 0 Å².